The van der Waals surface area contributed by atoms with Crippen LogP contribution in [0.2, 0.25) is 0 Å². The largest absolute Gasteiger partial charge is 0.481 e. The third kappa shape index (κ3) is 3.11. The van der Waals surface area contributed by atoms with Gasteiger partial charge in [0.1, 0.15) is 5.69 Å². The lowest BCUT2D eigenvalue weighted by Crippen LogP contribution is -2.20. The number of hydrogen-bond donors (Lipinski definition) is 1. The summed E-state index contributed by atoms with van der Waals surface area (Å²) < 4.78 is 38.0. The van der Waals surface area contributed by atoms with E-state index >= 15 is 0 Å². The number of halogens is 3. The lowest BCUT2D eigenvalue weighted by molar-refractivity contribution is -0.145. The highest BCUT2D eigenvalue weighted by Gasteiger charge is 2.33. The smallest absolute Gasteiger partial charge is 0.431 e. The molecule has 0 bridgehead atoms. The lowest BCUT2D eigenvalue weighted by atomic mass is 10.3. The zero-order valence-corrected chi connectivity index (χ0v) is 7.99. The molecule has 0 aliphatic heterocycles. The molecule has 0 unspecified atom stereocenters. The maximum Gasteiger partial charge on any atom is 0.431 e. The van der Waals surface area contributed by atoms with Crippen LogP contribution in [0.5, 0.6) is 0 Å². The molecule has 0 spiro atoms. The molecule has 1 heterocycles. The van der Waals surface area contributed by atoms with Crippen LogP contribution >= 0.6 is 0 Å². The number of aliphatic carboxylic acids is 1. The Morgan fingerprint density at radius 3 is 2.56 bits per heavy atom. The van der Waals surface area contributed by atoms with Crippen LogP contribution in [0, 0.1) is 0 Å². The molecule has 0 fully saturated rings. The number of aryl methyl sites for hydroxylation is 1. The highest BCUT2D eigenvalue weighted by molar-refractivity contribution is 5.66. The molecule has 1 aromatic rings. The first-order chi connectivity index (χ1) is 7.30. The number of nitrogens with zero attached hydrogens (tertiary/aromatic N) is 1. The summed E-state index contributed by atoms with van der Waals surface area (Å²) >= 11 is 0. The topological polar surface area (TPSA) is 59.3 Å². The van der Waals surface area contributed by atoms with Gasteiger partial charge in [0.25, 0.3) is 0 Å². The van der Waals surface area contributed by atoms with Crippen molar-refractivity contribution in [1.82, 2.24) is 4.57 Å². The normalized spacial score (nSPS) is 11.4. The molecule has 0 aromatic carbocycles. The van der Waals surface area contributed by atoms with Crippen molar-refractivity contribution in [3.63, 3.8) is 0 Å². The molecule has 88 valence electrons. The molecule has 0 aliphatic rings. The van der Waals surface area contributed by atoms with E-state index in [1.54, 1.807) is 0 Å². The van der Waals surface area contributed by atoms with Crippen molar-refractivity contribution in [3.05, 3.63) is 34.2 Å². The Morgan fingerprint density at radius 1 is 1.44 bits per heavy atom. The molecule has 0 saturated heterocycles. The highest BCUT2D eigenvalue weighted by Crippen LogP contribution is 2.28. The van der Waals surface area contributed by atoms with Gasteiger partial charge in [-0.2, -0.15) is 13.2 Å². The molecule has 0 atom stereocenters. The second-order valence-electron chi connectivity index (χ2n) is 3.08. The van der Waals surface area contributed by atoms with Crippen LogP contribution in [0.3, 0.4) is 0 Å². The first kappa shape index (κ1) is 12.3. The van der Waals surface area contributed by atoms with Crippen LogP contribution < -0.4 is 5.43 Å². The zero-order chi connectivity index (χ0) is 12.3. The molecule has 1 N–H and O–H groups in total. The number of hydrogen-bond acceptors (Lipinski definition) is 2. The van der Waals surface area contributed by atoms with Crippen LogP contribution in [-0.2, 0) is 17.5 Å². The standard InChI is InChI=1S/C9H8F3NO3/c10-9(11,12)7-5-6(14)1-3-13(7)4-2-8(15)16/h1,3,5H,2,4H2,(H,15,16). The Morgan fingerprint density at radius 2 is 2.06 bits per heavy atom. The molecule has 0 saturated carbocycles. The Labute approximate surface area is 87.9 Å². The quantitative estimate of drug-likeness (QED) is 0.860. The van der Waals surface area contributed by atoms with E-state index in [2.05, 4.69) is 0 Å². The van der Waals surface area contributed by atoms with E-state index in [-0.39, 0.29) is 6.54 Å². The van der Waals surface area contributed by atoms with Crippen LogP contribution in [-0.4, -0.2) is 15.6 Å². The van der Waals surface area contributed by atoms with E-state index in [0.29, 0.717) is 10.6 Å². The van der Waals surface area contributed by atoms with Crippen molar-refractivity contribution in [2.45, 2.75) is 19.1 Å². The van der Waals surface area contributed by atoms with Crippen molar-refractivity contribution in [2.24, 2.45) is 0 Å². The summed E-state index contributed by atoms with van der Waals surface area (Å²) in [4.78, 5) is 21.0. The first-order valence-electron chi connectivity index (χ1n) is 4.30. The van der Waals surface area contributed by atoms with E-state index < -0.39 is 29.7 Å². The van der Waals surface area contributed by atoms with E-state index in [1.165, 1.54) is 0 Å². The number of rotatable bonds is 3. The Balaban J connectivity index is 3.08. The summed E-state index contributed by atoms with van der Waals surface area (Å²) in [7, 11) is 0. The third-order valence-electron chi connectivity index (χ3n) is 1.86. The number of pyridine rings is 1. The Bertz CT molecular complexity index is 450. The van der Waals surface area contributed by atoms with Crippen molar-refractivity contribution in [2.75, 3.05) is 0 Å². The van der Waals surface area contributed by atoms with Gasteiger partial charge in [0, 0.05) is 24.9 Å². The molecular formula is C9H8F3NO3. The zero-order valence-electron chi connectivity index (χ0n) is 7.99. The summed E-state index contributed by atoms with van der Waals surface area (Å²) in [5, 5.41) is 8.37. The predicted octanol–water partition coefficient (Wildman–Crippen LogP) is 1.34. The van der Waals surface area contributed by atoms with E-state index in [1.807, 2.05) is 0 Å². The Kier molecular flexibility index (Phi) is 3.36. The maximum absolute atomic E-state index is 12.4. The fourth-order valence-corrected chi connectivity index (χ4v) is 1.17. The van der Waals surface area contributed by atoms with Gasteiger partial charge in [-0.1, -0.05) is 0 Å². The monoisotopic (exact) mass is 235 g/mol. The van der Waals surface area contributed by atoms with Gasteiger partial charge in [0.15, 0.2) is 5.43 Å². The Hall–Kier alpha value is -1.79. The van der Waals surface area contributed by atoms with Gasteiger partial charge in [0.05, 0.1) is 6.42 Å². The van der Waals surface area contributed by atoms with Crippen LogP contribution in [0.1, 0.15) is 12.1 Å². The van der Waals surface area contributed by atoms with Gasteiger partial charge in [-0.05, 0) is 0 Å². The van der Waals surface area contributed by atoms with Crippen LogP contribution in [0.15, 0.2) is 23.1 Å². The second-order valence-corrected chi connectivity index (χ2v) is 3.08. The molecule has 0 amide bonds. The van der Waals surface area contributed by atoms with Gasteiger partial charge in [-0.3, -0.25) is 9.59 Å². The van der Waals surface area contributed by atoms with Gasteiger partial charge in [-0.25, -0.2) is 0 Å². The van der Waals surface area contributed by atoms with Crippen molar-refractivity contribution >= 4 is 5.97 Å². The third-order valence-corrected chi connectivity index (χ3v) is 1.86. The number of alkyl halides is 3. The molecule has 7 heteroatoms. The minimum absolute atomic E-state index is 0.329. The van der Waals surface area contributed by atoms with E-state index in [0.717, 1.165) is 12.3 Å². The molecular weight excluding hydrogens is 227 g/mol. The van der Waals surface area contributed by atoms with Gasteiger partial charge >= 0.3 is 12.1 Å². The summed E-state index contributed by atoms with van der Waals surface area (Å²) in [6.07, 6.45) is -4.17. The summed E-state index contributed by atoms with van der Waals surface area (Å²) in [6, 6.07) is 1.40. The first-order valence-corrected chi connectivity index (χ1v) is 4.30. The average molecular weight is 235 g/mol. The van der Waals surface area contributed by atoms with Crippen molar-refractivity contribution in [1.29, 1.82) is 0 Å². The van der Waals surface area contributed by atoms with Gasteiger partial charge in [0.2, 0.25) is 0 Å². The van der Waals surface area contributed by atoms with Crippen LogP contribution in [0.25, 0.3) is 0 Å². The second kappa shape index (κ2) is 4.38. The van der Waals surface area contributed by atoms with Crippen molar-refractivity contribution in [3.8, 4) is 0 Å². The molecule has 0 radical (unpaired) electrons. The molecule has 1 aromatic heterocycles. The molecule has 0 aliphatic carbocycles. The molecule has 1 rings (SSSR count). The fraction of sp³-hybridized carbons (Fsp3) is 0.333. The molecule has 16 heavy (non-hydrogen) atoms. The minimum Gasteiger partial charge on any atom is -0.481 e. The molecule has 4 nitrogen and oxygen atoms in total. The predicted molar refractivity (Wildman–Crippen MR) is 48.0 cm³/mol. The highest BCUT2D eigenvalue weighted by atomic mass is 19.4. The van der Waals surface area contributed by atoms with E-state index in [4.69, 9.17) is 5.11 Å². The number of aromatic nitrogens is 1. The number of carboxylic acids is 1. The maximum atomic E-state index is 12.4. The van der Waals surface area contributed by atoms with Gasteiger partial charge < -0.3 is 9.67 Å². The number of carbonyl (C=O) groups is 1. The number of carboxylic acid groups (broad SMARTS) is 1. The van der Waals surface area contributed by atoms with Crippen molar-refractivity contribution < 1.29 is 23.1 Å². The average Bonchev–Trinajstić information content (AvgIpc) is 2.14. The summed E-state index contributed by atoms with van der Waals surface area (Å²) in [6.45, 7) is -0.329. The van der Waals surface area contributed by atoms with Gasteiger partial charge in [-0.15, -0.1) is 0 Å². The lowest BCUT2D eigenvalue weighted by Gasteiger charge is -2.14. The fourth-order valence-electron chi connectivity index (χ4n) is 1.17. The van der Waals surface area contributed by atoms with E-state index in [9.17, 15) is 22.8 Å². The summed E-state index contributed by atoms with van der Waals surface area (Å²) in [5.41, 5.74) is -1.90. The summed E-state index contributed by atoms with van der Waals surface area (Å²) in [5.74, 6) is -1.20. The SMILES string of the molecule is O=C(O)CCn1ccc(=O)cc1C(F)(F)F. The van der Waals surface area contributed by atoms with Crippen LogP contribution in [0.4, 0.5) is 13.2 Å². The minimum atomic E-state index is -4.67.